The maximum Gasteiger partial charge on any atom is 0.270 e. The molecule has 1 saturated heterocycles. The highest BCUT2D eigenvalue weighted by Crippen LogP contribution is 2.19. The molecule has 2 heterocycles. The van der Waals surface area contributed by atoms with Crippen molar-refractivity contribution in [3.8, 4) is 0 Å². The molecule has 0 aliphatic carbocycles. The van der Waals surface area contributed by atoms with Crippen molar-refractivity contribution in [1.29, 1.82) is 0 Å². The summed E-state index contributed by atoms with van der Waals surface area (Å²) in [5, 5.41) is 2.90. The highest BCUT2D eigenvalue weighted by Gasteiger charge is 2.21. The Morgan fingerprint density at radius 1 is 1.11 bits per heavy atom. The number of piperazine rings is 1. The minimum atomic E-state index is -0.228. The monoisotopic (exact) mass is 371 g/mol. The van der Waals surface area contributed by atoms with Crippen LogP contribution in [0.5, 0.6) is 0 Å². The lowest BCUT2D eigenvalue weighted by Crippen LogP contribution is -2.47. The third-order valence-electron chi connectivity index (χ3n) is 4.50. The van der Waals surface area contributed by atoms with E-state index in [0.717, 1.165) is 37.6 Å². The number of carbonyl (C=O) groups excluding carboxylic acids is 1. The van der Waals surface area contributed by atoms with Crippen LogP contribution in [-0.4, -0.2) is 48.6 Å². The Balaban J connectivity index is 1.67. The lowest BCUT2D eigenvalue weighted by atomic mass is 10.2. The summed E-state index contributed by atoms with van der Waals surface area (Å²) in [7, 11) is 0. The van der Waals surface area contributed by atoms with Gasteiger partial charge in [-0.3, -0.25) is 4.79 Å². The number of nitrogens with zero attached hydrogens (tertiary/aromatic N) is 4. The van der Waals surface area contributed by atoms with E-state index in [1.54, 1.807) is 18.2 Å². The zero-order valence-corrected chi connectivity index (χ0v) is 16.1. The Morgan fingerprint density at radius 3 is 2.37 bits per heavy atom. The Labute approximate surface area is 159 Å². The lowest BCUT2D eigenvalue weighted by Gasteiger charge is -2.36. The minimum Gasteiger partial charge on any atom is -0.368 e. The van der Waals surface area contributed by atoms with E-state index in [2.05, 4.69) is 38.9 Å². The van der Waals surface area contributed by atoms with Gasteiger partial charge in [-0.15, -0.1) is 0 Å². The van der Waals surface area contributed by atoms with Crippen LogP contribution in [0.4, 0.5) is 16.0 Å². The molecule has 144 valence electrons. The minimum absolute atomic E-state index is 0.166. The number of aromatic nitrogens is 2. The summed E-state index contributed by atoms with van der Waals surface area (Å²) < 4.78 is 13.1. The van der Waals surface area contributed by atoms with Crippen molar-refractivity contribution < 1.29 is 9.18 Å². The predicted octanol–water partition coefficient (Wildman–Crippen LogP) is 2.64. The van der Waals surface area contributed by atoms with Gasteiger partial charge in [0.15, 0.2) is 0 Å². The molecule has 1 aromatic carbocycles. The molecule has 0 spiro atoms. The van der Waals surface area contributed by atoms with Gasteiger partial charge < -0.3 is 15.1 Å². The second-order valence-electron chi connectivity index (χ2n) is 7.25. The summed E-state index contributed by atoms with van der Waals surface area (Å²) >= 11 is 0. The summed E-state index contributed by atoms with van der Waals surface area (Å²) in [5.74, 6) is 0.577. The molecular weight excluding hydrogens is 345 g/mol. The maximum absolute atomic E-state index is 13.1. The second kappa shape index (κ2) is 8.33. The number of hydrogen-bond donors (Lipinski definition) is 1. The molecule has 0 bridgehead atoms. The average molecular weight is 371 g/mol. The Bertz CT molecular complexity index is 785. The van der Waals surface area contributed by atoms with Crippen LogP contribution in [0, 0.1) is 18.7 Å². The normalized spacial score (nSPS) is 14.6. The molecule has 27 heavy (non-hydrogen) atoms. The fourth-order valence-corrected chi connectivity index (χ4v) is 3.01. The number of nitrogens with one attached hydrogen (secondary N) is 1. The third-order valence-corrected chi connectivity index (χ3v) is 4.50. The van der Waals surface area contributed by atoms with Crippen LogP contribution >= 0.6 is 0 Å². The summed E-state index contributed by atoms with van der Waals surface area (Å²) in [6, 6.07) is 8.27. The highest BCUT2D eigenvalue weighted by molar-refractivity contribution is 5.92. The van der Waals surface area contributed by atoms with E-state index in [1.165, 1.54) is 12.1 Å². The molecule has 0 atom stereocenters. The first-order valence-electron chi connectivity index (χ1n) is 9.31. The Kier molecular flexibility index (Phi) is 5.88. The molecule has 2 aromatic rings. The molecule has 3 rings (SSSR count). The van der Waals surface area contributed by atoms with Crippen LogP contribution in [0.3, 0.4) is 0 Å². The van der Waals surface area contributed by atoms with Crippen molar-refractivity contribution in [3.05, 3.63) is 47.5 Å². The van der Waals surface area contributed by atoms with Gasteiger partial charge in [0.25, 0.3) is 5.91 Å². The standard InChI is InChI=1S/C20H26FN5O/c1-14(2)13-22-19(27)18-12-15(3)23-20(24-18)26-10-8-25(9-11-26)17-6-4-16(21)5-7-17/h4-7,12,14H,8-11,13H2,1-3H3,(H,22,27). The molecule has 1 fully saturated rings. The molecule has 1 amide bonds. The summed E-state index contributed by atoms with van der Waals surface area (Å²) in [6.45, 7) is 9.67. The number of halogens is 1. The molecule has 7 heteroatoms. The third kappa shape index (κ3) is 4.93. The van der Waals surface area contributed by atoms with Crippen molar-refractivity contribution in [2.24, 2.45) is 5.92 Å². The number of rotatable bonds is 5. The molecule has 0 unspecified atom stereocenters. The zero-order chi connectivity index (χ0) is 19.4. The van der Waals surface area contributed by atoms with E-state index in [4.69, 9.17) is 0 Å². The smallest absolute Gasteiger partial charge is 0.270 e. The van der Waals surface area contributed by atoms with Crippen molar-refractivity contribution >= 4 is 17.5 Å². The van der Waals surface area contributed by atoms with E-state index < -0.39 is 0 Å². The van der Waals surface area contributed by atoms with E-state index in [-0.39, 0.29) is 11.7 Å². The van der Waals surface area contributed by atoms with Crippen molar-refractivity contribution in [3.63, 3.8) is 0 Å². The van der Waals surface area contributed by atoms with Gasteiger partial charge in [-0.05, 0) is 43.2 Å². The fourth-order valence-electron chi connectivity index (χ4n) is 3.01. The van der Waals surface area contributed by atoms with Gasteiger partial charge >= 0.3 is 0 Å². The first kappa shape index (κ1) is 19.1. The second-order valence-corrected chi connectivity index (χ2v) is 7.25. The average Bonchev–Trinajstić information content (AvgIpc) is 2.66. The summed E-state index contributed by atoms with van der Waals surface area (Å²) in [4.78, 5) is 25.6. The number of benzene rings is 1. The first-order chi connectivity index (χ1) is 12.9. The Morgan fingerprint density at radius 2 is 1.74 bits per heavy atom. The largest absolute Gasteiger partial charge is 0.368 e. The van der Waals surface area contributed by atoms with Gasteiger partial charge in [-0.1, -0.05) is 13.8 Å². The molecule has 1 aliphatic heterocycles. The number of anilines is 2. The quantitative estimate of drug-likeness (QED) is 0.876. The van der Waals surface area contributed by atoms with Gasteiger partial charge in [0.2, 0.25) is 5.95 Å². The van der Waals surface area contributed by atoms with Crippen LogP contribution in [0.2, 0.25) is 0 Å². The molecular formula is C20H26FN5O. The SMILES string of the molecule is Cc1cc(C(=O)NCC(C)C)nc(N2CCN(c3ccc(F)cc3)CC2)n1. The number of amides is 1. The van der Waals surface area contributed by atoms with Crippen molar-refractivity contribution in [2.75, 3.05) is 42.5 Å². The fraction of sp³-hybridized carbons (Fsp3) is 0.450. The molecule has 0 radical (unpaired) electrons. The van der Waals surface area contributed by atoms with Crippen LogP contribution in [0.1, 0.15) is 30.0 Å². The topological polar surface area (TPSA) is 61.4 Å². The van der Waals surface area contributed by atoms with E-state index in [9.17, 15) is 9.18 Å². The van der Waals surface area contributed by atoms with Gasteiger partial charge in [0, 0.05) is 44.1 Å². The molecule has 1 aliphatic rings. The van der Waals surface area contributed by atoms with Gasteiger partial charge in [0.05, 0.1) is 0 Å². The van der Waals surface area contributed by atoms with Crippen LogP contribution in [0.15, 0.2) is 30.3 Å². The molecule has 1 N–H and O–H groups in total. The summed E-state index contributed by atoms with van der Waals surface area (Å²) in [6.07, 6.45) is 0. The molecule has 1 aromatic heterocycles. The van der Waals surface area contributed by atoms with Crippen LogP contribution in [-0.2, 0) is 0 Å². The Hall–Kier alpha value is -2.70. The van der Waals surface area contributed by atoms with Crippen molar-refractivity contribution in [1.82, 2.24) is 15.3 Å². The van der Waals surface area contributed by atoms with Gasteiger partial charge in [-0.25, -0.2) is 14.4 Å². The van der Waals surface area contributed by atoms with E-state index in [0.29, 0.717) is 24.1 Å². The molecule has 0 saturated carbocycles. The van der Waals surface area contributed by atoms with E-state index >= 15 is 0 Å². The molecule has 6 nitrogen and oxygen atoms in total. The first-order valence-corrected chi connectivity index (χ1v) is 9.31. The maximum atomic E-state index is 13.1. The number of carbonyl (C=O) groups is 1. The van der Waals surface area contributed by atoms with Crippen molar-refractivity contribution in [2.45, 2.75) is 20.8 Å². The lowest BCUT2D eigenvalue weighted by molar-refractivity contribution is 0.0943. The highest BCUT2D eigenvalue weighted by atomic mass is 19.1. The predicted molar refractivity (Wildman–Crippen MR) is 105 cm³/mol. The van der Waals surface area contributed by atoms with Crippen LogP contribution in [0.25, 0.3) is 0 Å². The summed E-state index contributed by atoms with van der Waals surface area (Å²) in [5.41, 5.74) is 2.18. The number of aryl methyl sites for hydroxylation is 1. The van der Waals surface area contributed by atoms with Gasteiger partial charge in [-0.2, -0.15) is 0 Å². The van der Waals surface area contributed by atoms with E-state index in [1.807, 2.05) is 6.92 Å². The van der Waals surface area contributed by atoms with Crippen LogP contribution < -0.4 is 15.1 Å². The number of hydrogen-bond acceptors (Lipinski definition) is 5. The van der Waals surface area contributed by atoms with Gasteiger partial charge in [0.1, 0.15) is 11.5 Å². The zero-order valence-electron chi connectivity index (χ0n) is 16.1.